The van der Waals surface area contributed by atoms with Crippen molar-refractivity contribution in [3.05, 3.63) is 72.8 Å². The third-order valence-electron chi connectivity index (χ3n) is 3.81. The van der Waals surface area contributed by atoms with Gasteiger partial charge in [0.05, 0.1) is 19.6 Å². The van der Waals surface area contributed by atoms with Crippen molar-refractivity contribution in [1.29, 1.82) is 0 Å². The molecule has 0 heterocycles. The van der Waals surface area contributed by atoms with Crippen LogP contribution in [0.4, 0.5) is 11.4 Å². The number of hydrogen-bond acceptors (Lipinski definition) is 6. The summed E-state index contributed by atoms with van der Waals surface area (Å²) in [5, 5.41) is 0. The number of sulfone groups is 2. The van der Waals surface area contributed by atoms with Gasteiger partial charge in [0.2, 0.25) is 19.7 Å². The Morgan fingerprint density at radius 3 is 1.12 bits per heavy atom. The van der Waals surface area contributed by atoms with Crippen LogP contribution >= 0.6 is 0 Å². The van der Waals surface area contributed by atoms with Gasteiger partial charge in [-0.25, -0.2) is 16.8 Å². The van der Waals surface area contributed by atoms with Crippen molar-refractivity contribution >= 4 is 31.0 Å². The highest BCUT2D eigenvalue weighted by atomic mass is 32.2. The molecule has 0 aliphatic heterocycles. The van der Waals surface area contributed by atoms with Crippen molar-refractivity contribution in [2.45, 2.75) is 19.6 Å². The third kappa shape index (κ3) is 3.16. The summed E-state index contributed by atoms with van der Waals surface area (Å²) >= 11 is 0. The Hall–Kier alpha value is -2.84. The molecule has 0 atom stereocenters. The van der Waals surface area contributed by atoms with E-state index < -0.39 is 19.7 Å². The Bertz CT molecular complexity index is 1060. The zero-order valence-corrected chi connectivity index (χ0v) is 15.2. The second kappa shape index (κ2) is 6.47. The van der Waals surface area contributed by atoms with E-state index >= 15 is 0 Å². The summed E-state index contributed by atoms with van der Waals surface area (Å²) in [5.74, 6) is 0. The fourth-order valence-electron chi connectivity index (χ4n) is 2.44. The maximum absolute atomic E-state index is 13.0. The maximum Gasteiger partial charge on any atom is 0.207 e. The number of hydrogen-bond donors (Lipinski definition) is 2. The molecule has 4 N–H and O–H groups in total. The highest BCUT2D eigenvalue weighted by molar-refractivity contribution is 7.94. The Morgan fingerprint density at radius 2 is 0.808 bits per heavy atom. The molecular weight excluding hydrogens is 372 g/mol. The Kier molecular flexibility index (Phi) is 4.47. The standard InChI is InChI=1S/C18H16N2O4S2/c19-13-5-9-15(10-6-13)25(21,22)17-3-1-2-4-18(17)26(23,24)16-11-7-14(20)8-12-16/h1-12H,19-20H2. The van der Waals surface area contributed by atoms with Gasteiger partial charge in [-0.05, 0) is 60.7 Å². The van der Waals surface area contributed by atoms with Crippen molar-refractivity contribution in [3.63, 3.8) is 0 Å². The molecule has 0 amide bonds. The molecule has 8 heteroatoms. The lowest BCUT2D eigenvalue weighted by molar-refractivity contribution is 0.582. The highest BCUT2D eigenvalue weighted by Crippen LogP contribution is 2.31. The van der Waals surface area contributed by atoms with E-state index in [9.17, 15) is 16.8 Å². The normalized spacial score (nSPS) is 12.0. The molecule has 0 spiro atoms. The number of rotatable bonds is 4. The number of benzene rings is 3. The van der Waals surface area contributed by atoms with Crippen LogP contribution in [0, 0.1) is 0 Å². The molecule has 3 aromatic rings. The van der Waals surface area contributed by atoms with E-state index in [0.717, 1.165) is 0 Å². The molecule has 0 unspecified atom stereocenters. The molecule has 0 saturated heterocycles. The van der Waals surface area contributed by atoms with Gasteiger partial charge in [-0.2, -0.15) is 0 Å². The van der Waals surface area contributed by atoms with Crippen molar-refractivity contribution in [1.82, 2.24) is 0 Å². The fourth-order valence-corrected chi connectivity index (χ4v) is 5.78. The summed E-state index contributed by atoms with van der Waals surface area (Å²) in [5.41, 5.74) is 12.0. The molecule has 26 heavy (non-hydrogen) atoms. The molecular formula is C18H16N2O4S2. The molecule has 6 nitrogen and oxygen atoms in total. The van der Waals surface area contributed by atoms with Crippen LogP contribution in [0.25, 0.3) is 0 Å². The lowest BCUT2D eigenvalue weighted by Gasteiger charge is -2.12. The highest BCUT2D eigenvalue weighted by Gasteiger charge is 2.28. The summed E-state index contributed by atoms with van der Waals surface area (Å²) in [6.45, 7) is 0. The van der Waals surface area contributed by atoms with E-state index in [4.69, 9.17) is 11.5 Å². The van der Waals surface area contributed by atoms with Gasteiger partial charge in [0.25, 0.3) is 0 Å². The second-order valence-electron chi connectivity index (χ2n) is 5.59. The van der Waals surface area contributed by atoms with Gasteiger partial charge in [-0.1, -0.05) is 12.1 Å². The monoisotopic (exact) mass is 388 g/mol. The average molecular weight is 388 g/mol. The van der Waals surface area contributed by atoms with E-state index in [1.807, 2.05) is 0 Å². The van der Waals surface area contributed by atoms with Crippen LogP contribution in [0.1, 0.15) is 0 Å². The van der Waals surface area contributed by atoms with Crippen molar-refractivity contribution in [2.75, 3.05) is 11.5 Å². The summed E-state index contributed by atoms with van der Waals surface area (Å²) in [4.78, 5) is -0.651. The minimum Gasteiger partial charge on any atom is -0.399 e. The third-order valence-corrected chi connectivity index (χ3v) is 7.59. The number of anilines is 2. The Labute approximate surface area is 151 Å². The molecule has 0 saturated carbocycles. The van der Waals surface area contributed by atoms with Crippen LogP contribution in [0.15, 0.2) is 92.4 Å². The molecule has 0 aliphatic rings. The van der Waals surface area contributed by atoms with Crippen LogP contribution in [-0.2, 0) is 19.7 Å². The number of nitrogens with two attached hydrogens (primary N) is 2. The number of nitrogen functional groups attached to an aromatic ring is 2. The topological polar surface area (TPSA) is 120 Å². The van der Waals surface area contributed by atoms with E-state index in [0.29, 0.717) is 11.4 Å². The molecule has 0 fully saturated rings. The maximum atomic E-state index is 13.0. The van der Waals surface area contributed by atoms with Gasteiger partial charge in [0.15, 0.2) is 0 Å². The van der Waals surface area contributed by atoms with E-state index in [2.05, 4.69) is 0 Å². The van der Waals surface area contributed by atoms with Gasteiger partial charge >= 0.3 is 0 Å². The Morgan fingerprint density at radius 1 is 0.500 bits per heavy atom. The van der Waals surface area contributed by atoms with Crippen LogP contribution in [0.3, 0.4) is 0 Å². The minimum absolute atomic E-state index is 0.0355. The lowest BCUT2D eigenvalue weighted by Crippen LogP contribution is -2.11. The van der Waals surface area contributed by atoms with Gasteiger partial charge < -0.3 is 11.5 Å². The molecule has 0 radical (unpaired) electrons. The summed E-state index contributed by atoms with van der Waals surface area (Å²) in [7, 11) is -8.09. The van der Waals surface area contributed by atoms with E-state index in [1.165, 1.54) is 72.8 Å². The summed E-state index contributed by atoms with van der Waals surface area (Å²) in [6, 6.07) is 16.7. The zero-order valence-electron chi connectivity index (χ0n) is 13.5. The SMILES string of the molecule is Nc1ccc(S(=O)(=O)c2ccccc2S(=O)(=O)c2ccc(N)cc2)cc1. The second-order valence-corrected chi connectivity index (χ2v) is 9.43. The molecule has 134 valence electrons. The first-order chi connectivity index (χ1) is 12.2. The quantitative estimate of drug-likeness (QED) is 0.663. The van der Waals surface area contributed by atoms with Crippen molar-refractivity contribution < 1.29 is 16.8 Å². The largest absolute Gasteiger partial charge is 0.399 e. The smallest absolute Gasteiger partial charge is 0.207 e. The lowest BCUT2D eigenvalue weighted by atomic mass is 10.3. The first kappa shape index (κ1) is 18.0. The molecule has 3 rings (SSSR count). The van der Waals surface area contributed by atoms with Gasteiger partial charge in [-0.3, -0.25) is 0 Å². The van der Waals surface area contributed by atoms with Gasteiger partial charge in [-0.15, -0.1) is 0 Å². The molecule has 0 aliphatic carbocycles. The Balaban J connectivity index is 2.20. The molecule has 0 aromatic heterocycles. The minimum atomic E-state index is -4.05. The van der Waals surface area contributed by atoms with Gasteiger partial charge in [0, 0.05) is 11.4 Å². The van der Waals surface area contributed by atoms with E-state index in [1.54, 1.807) is 0 Å². The predicted octanol–water partition coefficient (Wildman–Crippen LogP) is 2.52. The average Bonchev–Trinajstić information content (AvgIpc) is 2.62. The van der Waals surface area contributed by atoms with Crippen LogP contribution in [0.5, 0.6) is 0 Å². The van der Waals surface area contributed by atoms with Gasteiger partial charge in [0.1, 0.15) is 0 Å². The first-order valence-electron chi connectivity index (χ1n) is 7.53. The van der Waals surface area contributed by atoms with Crippen molar-refractivity contribution in [2.24, 2.45) is 0 Å². The van der Waals surface area contributed by atoms with Crippen LogP contribution in [-0.4, -0.2) is 16.8 Å². The van der Waals surface area contributed by atoms with Crippen molar-refractivity contribution in [3.8, 4) is 0 Å². The summed E-state index contributed by atoms with van der Waals surface area (Å²) in [6.07, 6.45) is 0. The first-order valence-corrected chi connectivity index (χ1v) is 10.5. The molecule has 0 bridgehead atoms. The van der Waals surface area contributed by atoms with Crippen LogP contribution < -0.4 is 11.5 Å². The zero-order chi connectivity index (χ0) is 18.9. The fraction of sp³-hybridized carbons (Fsp3) is 0. The predicted molar refractivity (Wildman–Crippen MR) is 99.1 cm³/mol. The van der Waals surface area contributed by atoms with Crippen LogP contribution in [0.2, 0.25) is 0 Å². The summed E-state index contributed by atoms with van der Waals surface area (Å²) < 4.78 is 51.9. The molecule has 3 aromatic carbocycles. The van der Waals surface area contributed by atoms with E-state index in [-0.39, 0.29) is 19.6 Å².